The second-order valence-electron chi connectivity index (χ2n) is 5.88. The molecule has 0 radical (unpaired) electrons. The number of hydrogen-bond acceptors (Lipinski definition) is 2. The van der Waals surface area contributed by atoms with Crippen LogP contribution in [0.2, 0.25) is 0 Å². The van der Waals surface area contributed by atoms with E-state index in [1.807, 2.05) is 4.90 Å². The Balaban J connectivity index is 0.00000220. The van der Waals surface area contributed by atoms with E-state index in [4.69, 9.17) is 0 Å². The topological polar surface area (TPSA) is 32.3 Å². The lowest BCUT2D eigenvalue weighted by atomic mass is 10.0. The molecule has 3 nitrogen and oxygen atoms in total. The molecule has 118 valence electrons. The van der Waals surface area contributed by atoms with Crippen molar-refractivity contribution < 1.29 is 4.79 Å². The number of carbonyl (C=O) groups is 1. The van der Waals surface area contributed by atoms with Gasteiger partial charge in [0.15, 0.2) is 0 Å². The Morgan fingerprint density at radius 2 is 1.90 bits per heavy atom. The lowest BCUT2D eigenvalue weighted by molar-refractivity contribution is -0.130. The minimum atomic E-state index is 0. The van der Waals surface area contributed by atoms with Crippen LogP contribution in [0, 0.1) is 0 Å². The Morgan fingerprint density at radius 1 is 1.19 bits per heavy atom. The Bertz CT molecular complexity index is 423. The summed E-state index contributed by atoms with van der Waals surface area (Å²) >= 11 is 0. The molecule has 0 unspecified atom stereocenters. The van der Waals surface area contributed by atoms with Crippen molar-refractivity contribution in [3.05, 3.63) is 35.4 Å². The SMILES string of the molecule is CC(C)c1ccc(CCC(=O)N2CCCNCC2)cc1.Cl. The molecule has 1 aromatic carbocycles. The van der Waals surface area contributed by atoms with Crippen molar-refractivity contribution >= 4 is 18.3 Å². The van der Waals surface area contributed by atoms with Crippen LogP contribution in [0.5, 0.6) is 0 Å². The first-order valence-corrected chi connectivity index (χ1v) is 7.74. The third kappa shape index (κ3) is 5.68. The van der Waals surface area contributed by atoms with Gasteiger partial charge in [-0.25, -0.2) is 0 Å². The van der Waals surface area contributed by atoms with Crippen molar-refractivity contribution in [1.29, 1.82) is 0 Å². The zero-order chi connectivity index (χ0) is 14.4. The summed E-state index contributed by atoms with van der Waals surface area (Å²) in [5.41, 5.74) is 2.62. The van der Waals surface area contributed by atoms with E-state index >= 15 is 0 Å². The van der Waals surface area contributed by atoms with Crippen molar-refractivity contribution in [1.82, 2.24) is 10.2 Å². The minimum absolute atomic E-state index is 0. The second-order valence-corrected chi connectivity index (χ2v) is 5.88. The normalized spacial score (nSPS) is 15.5. The Labute approximate surface area is 134 Å². The van der Waals surface area contributed by atoms with Crippen molar-refractivity contribution in [3.8, 4) is 0 Å². The Morgan fingerprint density at radius 3 is 2.57 bits per heavy atom. The molecule has 1 aromatic rings. The quantitative estimate of drug-likeness (QED) is 0.927. The molecule has 0 aliphatic carbocycles. The van der Waals surface area contributed by atoms with Gasteiger partial charge in [-0.15, -0.1) is 12.4 Å². The Hall–Kier alpha value is -1.06. The number of benzene rings is 1. The molecule has 4 heteroatoms. The van der Waals surface area contributed by atoms with Gasteiger partial charge in [-0.1, -0.05) is 38.1 Å². The van der Waals surface area contributed by atoms with E-state index in [9.17, 15) is 4.79 Å². The Kier molecular flexibility index (Phi) is 7.76. The molecular formula is C17H27ClN2O. The van der Waals surface area contributed by atoms with Gasteiger partial charge in [-0.3, -0.25) is 4.79 Å². The van der Waals surface area contributed by atoms with Crippen LogP contribution in [-0.4, -0.2) is 37.0 Å². The fraction of sp³-hybridized carbons (Fsp3) is 0.588. The molecule has 1 N–H and O–H groups in total. The maximum Gasteiger partial charge on any atom is 0.222 e. The number of aryl methyl sites for hydroxylation is 1. The highest BCUT2D eigenvalue weighted by molar-refractivity contribution is 5.85. The molecule has 2 rings (SSSR count). The van der Waals surface area contributed by atoms with Crippen LogP contribution in [0.15, 0.2) is 24.3 Å². The van der Waals surface area contributed by atoms with Gasteiger partial charge < -0.3 is 10.2 Å². The van der Waals surface area contributed by atoms with Gasteiger partial charge in [0.05, 0.1) is 0 Å². The molecule has 1 heterocycles. The summed E-state index contributed by atoms with van der Waals surface area (Å²) in [4.78, 5) is 14.2. The summed E-state index contributed by atoms with van der Waals surface area (Å²) < 4.78 is 0. The predicted molar refractivity (Wildman–Crippen MR) is 90.2 cm³/mol. The summed E-state index contributed by atoms with van der Waals surface area (Å²) in [5.74, 6) is 0.858. The summed E-state index contributed by atoms with van der Waals surface area (Å²) in [6.07, 6.45) is 2.54. The van der Waals surface area contributed by atoms with Crippen LogP contribution in [0.1, 0.15) is 43.7 Å². The number of amides is 1. The first-order valence-electron chi connectivity index (χ1n) is 7.74. The predicted octanol–water partition coefficient (Wildman–Crippen LogP) is 2.99. The standard InChI is InChI=1S/C17H26N2O.ClH/c1-14(2)16-7-4-15(5-8-16)6-9-17(20)19-12-3-10-18-11-13-19;/h4-5,7-8,14,18H,3,6,9-13H2,1-2H3;1H. The van der Waals surface area contributed by atoms with Gasteiger partial charge in [0, 0.05) is 26.1 Å². The van der Waals surface area contributed by atoms with E-state index in [1.165, 1.54) is 11.1 Å². The fourth-order valence-corrected chi connectivity index (χ4v) is 2.57. The summed E-state index contributed by atoms with van der Waals surface area (Å²) in [6.45, 7) is 8.11. The van der Waals surface area contributed by atoms with Crippen molar-refractivity contribution in [2.75, 3.05) is 26.2 Å². The number of hydrogen-bond donors (Lipinski definition) is 1. The first kappa shape index (κ1) is 18.0. The zero-order valence-electron chi connectivity index (χ0n) is 13.1. The molecular weight excluding hydrogens is 284 g/mol. The number of carbonyl (C=O) groups excluding carboxylic acids is 1. The zero-order valence-corrected chi connectivity index (χ0v) is 13.9. The molecule has 1 fully saturated rings. The highest BCUT2D eigenvalue weighted by Gasteiger charge is 2.14. The van der Waals surface area contributed by atoms with E-state index in [0.717, 1.165) is 39.0 Å². The molecule has 0 spiro atoms. The van der Waals surface area contributed by atoms with Gasteiger partial charge in [0.25, 0.3) is 0 Å². The molecule has 0 aromatic heterocycles. The molecule has 0 atom stereocenters. The van der Waals surface area contributed by atoms with Gasteiger partial charge in [-0.2, -0.15) is 0 Å². The van der Waals surface area contributed by atoms with Crippen molar-refractivity contribution in [2.45, 2.75) is 39.0 Å². The highest BCUT2D eigenvalue weighted by atomic mass is 35.5. The minimum Gasteiger partial charge on any atom is -0.341 e. The highest BCUT2D eigenvalue weighted by Crippen LogP contribution is 2.15. The first-order chi connectivity index (χ1) is 9.66. The van der Waals surface area contributed by atoms with Gasteiger partial charge >= 0.3 is 0 Å². The van der Waals surface area contributed by atoms with Crippen LogP contribution in [0.3, 0.4) is 0 Å². The summed E-state index contributed by atoms with van der Waals surface area (Å²) in [6, 6.07) is 8.68. The van der Waals surface area contributed by atoms with Gasteiger partial charge in [0.2, 0.25) is 5.91 Å². The average molecular weight is 311 g/mol. The van der Waals surface area contributed by atoms with Crippen LogP contribution >= 0.6 is 12.4 Å². The molecule has 1 amide bonds. The number of nitrogens with one attached hydrogen (secondary N) is 1. The van der Waals surface area contributed by atoms with E-state index in [-0.39, 0.29) is 12.4 Å². The average Bonchev–Trinajstić information content (AvgIpc) is 2.74. The van der Waals surface area contributed by atoms with Crippen LogP contribution in [0.25, 0.3) is 0 Å². The molecule has 0 saturated carbocycles. The number of nitrogens with zero attached hydrogens (tertiary/aromatic N) is 1. The maximum absolute atomic E-state index is 12.2. The fourth-order valence-electron chi connectivity index (χ4n) is 2.57. The third-order valence-electron chi connectivity index (χ3n) is 3.97. The molecule has 21 heavy (non-hydrogen) atoms. The van der Waals surface area contributed by atoms with E-state index in [2.05, 4.69) is 43.4 Å². The van der Waals surface area contributed by atoms with E-state index in [0.29, 0.717) is 18.2 Å². The van der Waals surface area contributed by atoms with Gasteiger partial charge in [-0.05, 0) is 36.4 Å². The summed E-state index contributed by atoms with van der Waals surface area (Å²) in [5, 5.41) is 3.33. The van der Waals surface area contributed by atoms with Crippen LogP contribution < -0.4 is 5.32 Å². The molecule has 0 bridgehead atoms. The summed E-state index contributed by atoms with van der Waals surface area (Å²) in [7, 11) is 0. The van der Waals surface area contributed by atoms with Crippen LogP contribution in [0.4, 0.5) is 0 Å². The van der Waals surface area contributed by atoms with Crippen molar-refractivity contribution in [2.24, 2.45) is 0 Å². The smallest absolute Gasteiger partial charge is 0.222 e. The van der Waals surface area contributed by atoms with E-state index in [1.54, 1.807) is 0 Å². The molecule has 1 saturated heterocycles. The van der Waals surface area contributed by atoms with E-state index < -0.39 is 0 Å². The molecule has 1 aliphatic heterocycles. The maximum atomic E-state index is 12.2. The van der Waals surface area contributed by atoms with Crippen molar-refractivity contribution in [3.63, 3.8) is 0 Å². The largest absolute Gasteiger partial charge is 0.341 e. The van der Waals surface area contributed by atoms with Crippen LogP contribution in [-0.2, 0) is 11.2 Å². The monoisotopic (exact) mass is 310 g/mol. The van der Waals surface area contributed by atoms with Gasteiger partial charge in [0.1, 0.15) is 0 Å². The lowest BCUT2D eigenvalue weighted by Crippen LogP contribution is -2.34. The lowest BCUT2D eigenvalue weighted by Gasteiger charge is -2.19. The number of rotatable bonds is 4. The second kappa shape index (κ2) is 9.06. The molecule has 1 aliphatic rings. The third-order valence-corrected chi connectivity index (χ3v) is 3.97. The number of halogens is 1.